The fraction of sp³-hybridized carbons (Fsp3) is 0.304. The van der Waals surface area contributed by atoms with Crippen LogP contribution in [0.15, 0.2) is 68.8 Å². The van der Waals surface area contributed by atoms with Crippen LogP contribution >= 0.6 is 24.0 Å². The van der Waals surface area contributed by atoms with Crippen LogP contribution in [0.2, 0.25) is 0 Å². The zero-order valence-electron chi connectivity index (χ0n) is 18.0. The first-order valence-corrected chi connectivity index (χ1v) is 10.6. The van der Waals surface area contributed by atoms with Gasteiger partial charge in [-0.3, -0.25) is 9.79 Å². The average molecular weight is 566 g/mol. The van der Waals surface area contributed by atoms with Crippen molar-refractivity contribution in [2.45, 2.75) is 12.8 Å². The molecule has 33 heavy (non-hydrogen) atoms. The van der Waals surface area contributed by atoms with Gasteiger partial charge in [-0.15, -0.1) is 24.0 Å². The SMILES string of the molecule is I.O=C(NCCNC(=NCCc1ccco1)Nc1ccc2c(c1)OCCCO2)c1ccco1. The van der Waals surface area contributed by atoms with Gasteiger partial charge in [0.2, 0.25) is 0 Å². The molecule has 0 spiro atoms. The third-order valence-corrected chi connectivity index (χ3v) is 4.67. The Balaban J connectivity index is 0.00000306. The monoisotopic (exact) mass is 566 g/mol. The number of furan rings is 2. The molecule has 2 aromatic heterocycles. The second-order valence-electron chi connectivity index (χ2n) is 7.06. The zero-order valence-corrected chi connectivity index (χ0v) is 20.4. The summed E-state index contributed by atoms with van der Waals surface area (Å²) in [5, 5.41) is 9.32. The van der Waals surface area contributed by atoms with Crippen molar-refractivity contribution in [2.24, 2.45) is 4.99 Å². The van der Waals surface area contributed by atoms with Crippen LogP contribution in [0.25, 0.3) is 0 Å². The lowest BCUT2D eigenvalue weighted by Crippen LogP contribution is -2.38. The lowest BCUT2D eigenvalue weighted by atomic mass is 10.2. The second kappa shape index (κ2) is 12.8. The lowest BCUT2D eigenvalue weighted by Gasteiger charge is -2.15. The first-order valence-electron chi connectivity index (χ1n) is 10.6. The highest BCUT2D eigenvalue weighted by atomic mass is 127. The molecule has 3 N–H and O–H groups in total. The highest BCUT2D eigenvalue weighted by molar-refractivity contribution is 14.0. The van der Waals surface area contributed by atoms with Crippen molar-refractivity contribution in [3.05, 3.63) is 66.5 Å². The van der Waals surface area contributed by atoms with Gasteiger partial charge in [-0.2, -0.15) is 0 Å². The highest BCUT2D eigenvalue weighted by Gasteiger charge is 2.12. The number of rotatable bonds is 8. The first-order chi connectivity index (χ1) is 15.8. The number of halogens is 1. The molecule has 1 aliphatic heterocycles. The van der Waals surface area contributed by atoms with Gasteiger partial charge in [0.25, 0.3) is 5.91 Å². The molecule has 1 aliphatic rings. The predicted molar refractivity (Wildman–Crippen MR) is 135 cm³/mol. The summed E-state index contributed by atoms with van der Waals surface area (Å²) in [7, 11) is 0. The van der Waals surface area contributed by atoms with Crippen molar-refractivity contribution in [2.75, 3.05) is 38.2 Å². The summed E-state index contributed by atoms with van der Waals surface area (Å²) in [5.74, 6) is 2.91. The van der Waals surface area contributed by atoms with E-state index >= 15 is 0 Å². The van der Waals surface area contributed by atoms with Crippen molar-refractivity contribution >= 4 is 41.5 Å². The minimum Gasteiger partial charge on any atom is -0.490 e. The van der Waals surface area contributed by atoms with E-state index in [4.69, 9.17) is 18.3 Å². The molecule has 176 valence electrons. The van der Waals surface area contributed by atoms with Gasteiger partial charge in [0, 0.05) is 44.2 Å². The molecule has 4 rings (SSSR count). The number of fused-ring (bicyclic) bond motifs is 1. The Labute approximate surface area is 208 Å². The summed E-state index contributed by atoms with van der Waals surface area (Å²) in [5.41, 5.74) is 0.818. The molecule has 1 amide bonds. The van der Waals surface area contributed by atoms with Crippen molar-refractivity contribution in [3.8, 4) is 11.5 Å². The molecule has 0 atom stereocenters. The summed E-state index contributed by atoms with van der Waals surface area (Å²) >= 11 is 0. The Bertz CT molecular complexity index is 1020. The maximum absolute atomic E-state index is 12.0. The molecule has 0 saturated carbocycles. The molecule has 0 bridgehead atoms. The molecule has 10 heteroatoms. The Morgan fingerprint density at radius 2 is 1.73 bits per heavy atom. The number of carbonyl (C=O) groups excluding carboxylic acids is 1. The fourth-order valence-electron chi connectivity index (χ4n) is 3.10. The maximum Gasteiger partial charge on any atom is 0.287 e. The summed E-state index contributed by atoms with van der Waals surface area (Å²) in [4.78, 5) is 16.6. The summed E-state index contributed by atoms with van der Waals surface area (Å²) in [6.07, 6.45) is 4.64. The number of anilines is 1. The van der Waals surface area contributed by atoms with E-state index in [1.807, 2.05) is 30.3 Å². The van der Waals surface area contributed by atoms with Crippen LogP contribution in [0.5, 0.6) is 11.5 Å². The van der Waals surface area contributed by atoms with Crippen LogP contribution in [0.1, 0.15) is 22.7 Å². The Morgan fingerprint density at radius 1 is 0.939 bits per heavy atom. The van der Waals surface area contributed by atoms with Crippen LogP contribution in [-0.4, -0.2) is 44.7 Å². The van der Waals surface area contributed by atoms with Crippen LogP contribution in [0.4, 0.5) is 5.69 Å². The zero-order chi connectivity index (χ0) is 22.0. The third kappa shape index (κ3) is 7.45. The van der Waals surface area contributed by atoms with Gasteiger partial charge in [0.05, 0.1) is 25.7 Å². The van der Waals surface area contributed by atoms with E-state index in [9.17, 15) is 4.79 Å². The molecule has 1 aromatic carbocycles. The number of aliphatic imine (C=N–C) groups is 1. The minimum atomic E-state index is -0.260. The topological polar surface area (TPSA) is 110 Å². The van der Waals surface area contributed by atoms with Gasteiger partial charge in [-0.1, -0.05) is 0 Å². The molecule has 0 saturated heterocycles. The van der Waals surface area contributed by atoms with E-state index in [2.05, 4.69) is 20.9 Å². The highest BCUT2D eigenvalue weighted by Crippen LogP contribution is 2.32. The van der Waals surface area contributed by atoms with Gasteiger partial charge < -0.3 is 34.3 Å². The van der Waals surface area contributed by atoms with E-state index in [0.29, 0.717) is 51.0 Å². The van der Waals surface area contributed by atoms with E-state index in [-0.39, 0.29) is 35.6 Å². The van der Waals surface area contributed by atoms with Gasteiger partial charge in [0.15, 0.2) is 23.2 Å². The second-order valence-corrected chi connectivity index (χ2v) is 7.06. The number of hydrogen-bond acceptors (Lipinski definition) is 6. The normalized spacial score (nSPS) is 12.9. The van der Waals surface area contributed by atoms with Crippen LogP contribution in [-0.2, 0) is 6.42 Å². The summed E-state index contributed by atoms with van der Waals surface area (Å²) in [6, 6.07) is 12.8. The number of amides is 1. The largest absolute Gasteiger partial charge is 0.490 e. The van der Waals surface area contributed by atoms with Gasteiger partial charge in [0.1, 0.15) is 5.76 Å². The number of nitrogens with zero attached hydrogens (tertiary/aromatic N) is 1. The smallest absolute Gasteiger partial charge is 0.287 e. The van der Waals surface area contributed by atoms with E-state index in [1.165, 1.54) is 6.26 Å². The molecule has 0 fully saturated rings. The van der Waals surface area contributed by atoms with Gasteiger partial charge in [-0.25, -0.2) is 0 Å². The molecule has 3 heterocycles. The first kappa shape index (κ1) is 24.5. The summed E-state index contributed by atoms with van der Waals surface area (Å²) in [6.45, 7) is 2.67. The Hall–Kier alpha value is -3.15. The third-order valence-electron chi connectivity index (χ3n) is 4.67. The average Bonchev–Trinajstić information content (AvgIpc) is 3.48. The molecule has 0 unspecified atom stereocenters. The number of ether oxygens (including phenoxy) is 2. The van der Waals surface area contributed by atoms with Crippen LogP contribution < -0.4 is 25.4 Å². The summed E-state index contributed by atoms with van der Waals surface area (Å²) < 4.78 is 21.9. The van der Waals surface area contributed by atoms with E-state index in [1.54, 1.807) is 18.4 Å². The van der Waals surface area contributed by atoms with E-state index in [0.717, 1.165) is 23.6 Å². The maximum atomic E-state index is 12.0. The fourth-order valence-corrected chi connectivity index (χ4v) is 3.10. The molecular weight excluding hydrogens is 539 g/mol. The van der Waals surface area contributed by atoms with Crippen LogP contribution in [0, 0.1) is 0 Å². The number of benzene rings is 1. The standard InChI is InChI=1S/C23H26N4O5.HI/c28-22(20-5-2-13-31-20)24-10-11-26-23(25-9-8-18-4-1-12-29-18)27-17-6-7-19-21(16-17)32-15-3-14-30-19;/h1-2,4-7,12-13,16H,3,8-11,14-15H2,(H,24,28)(H2,25,26,27);1H. The van der Waals surface area contributed by atoms with Crippen molar-refractivity contribution in [1.82, 2.24) is 10.6 Å². The van der Waals surface area contributed by atoms with E-state index < -0.39 is 0 Å². The Morgan fingerprint density at radius 3 is 2.52 bits per heavy atom. The minimum absolute atomic E-state index is 0. The van der Waals surface area contributed by atoms with Crippen molar-refractivity contribution in [3.63, 3.8) is 0 Å². The van der Waals surface area contributed by atoms with Crippen molar-refractivity contribution in [1.29, 1.82) is 0 Å². The Kier molecular flexibility index (Phi) is 9.48. The molecule has 0 radical (unpaired) electrons. The van der Waals surface area contributed by atoms with Crippen LogP contribution in [0.3, 0.4) is 0 Å². The predicted octanol–water partition coefficient (Wildman–Crippen LogP) is 3.68. The lowest BCUT2D eigenvalue weighted by molar-refractivity contribution is 0.0926. The number of nitrogens with one attached hydrogen (secondary N) is 3. The molecule has 0 aliphatic carbocycles. The number of hydrogen-bond donors (Lipinski definition) is 3. The van der Waals surface area contributed by atoms with Gasteiger partial charge in [-0.05, 0) is 36.4 Å². The molecule has 3 aromatic rings. The quantitative estimate of drug-likeness (QED) is 0.165. The number of carbonyl (C=O) groups is 1. The molecule has 9 nitrogen and oxygen atoms in total. The number of guanidine groups is 1. The molecular formula is C23H27IN4O5. The van der Waals surface area contributed by atoms with Gasteiger partial charge >= 0.3 is 0 Å². The van der Waals surface area contributed by atoms with Crippen molar-refractivity contribution < 1.29 is 23.1 Å².